The zero-order valence-corrected chi connectivity index (χ0v) is 15.6. The molecule has 0 aliphatic rings. The Morgan fingerprint density at radius 2 is 1.86 bits per heavy atom. The highest BCUT2D eigenvalue weighted by atomic mass is 16.4. The number of furan rings is 1. The minimum Gasteiger partial charge on any atom is -0.478 e. The fourth-order valence-corrected chi connectivity index (χ4v) is 2.78. The van der Waals surface area contributed by atoms with Gasteiger partial charge in [-0.25, -0.2) is 4.79 Å². The standard InChI is InChI=1S/C23H18N2O4/c1-15(16-6-3-2-4-7-16)25-22(26)19(14-24)13-20-10-11-21(29-20)17-8-5-9-18(12-17)23(27)28/h2-13,15H,1H3,(H,25,26)(H,27,28)/b19-13+/t15-/m0/s1. The van der Waals surface area contributed by atoms with Crippen LogP contribution in [-0.2, 0) is 4.79 Å². The summed E-state index contributed by atoms with van der Waals surface area (Å²) in [5.41, 5.74) is 1.57. The van der Waals surface area contributed by atoms with E-state index in [1.165, 1.54) is 18.2 Å². The van der Waals surface area contributed by atoms with Gasteiger partial charge in [-0.15, -0.1) is 0 Å². The number of aromatic carboxylic acids is 1. The van der Waals surface area contributed by atoms with Crippen molar-refractivity contribution in [3.63, 3.8) is 0 Å². The molecule has 3 rings (SSSR count). The minimum atomic E-state index is -1.03. The minimum absolute atomic E-state index is 0.0898. The average molecular weight is 386 g/mol. The van der Waals surface area contributed by atoms with Gasteiger partial charge < -0.3 is 14.8 Å². The molecule has 1 amide bonds. The number of carboxylic acids is 1. The van der Waals surface area contributed by atoms with Crippen molar-refractivity contribution in [2.24, 2.45) is 0 Å². The summed E-state index contributed by atoms with van der Waals surface area (Å²) < 4.78 is 5.68. The summed E-state index contributed by atoms with van der Waals surface area (Å²) in [6, 6.07) is 20.7. The lowest BCUT2D eigenvalue weighted by Gasteiger charge is -2.13. The summed E-state index contributed by atoms with van der Waals surface area (Å²) in [4.78, 5) is 23.6. The van der Waals surface area contributed by atoms with Crippen molar-refractivity contribution in [1.29, 1.82) is 5.26 Å². The van der Waals surface area contributed by atoms with Crippen LogP contribution in [-0.4, -0.2) is 17.0 Å². The quantitative estimate of drug-likeness (QED) is 0.482. The number of amides is 1. The maximum absolute atomic E-state index is 12.4. The molecular weight excluding hydrogens is 368 g/mol. The van der Waals surface area contributed by atoms with Crippen LogP contribution in [0.1, 0.15) is 34.6 Å². The molecule has 0 saturated carbocycles. The third-order valence-electron chi connectivity index (χ3n) is 4.32. The number of rotatable bonds is 6. The van der Waals surface area contributed by atoms with Crippen LogP contribution in [0.5, 0.6) is 0 Å². The van der Waals surface area contributed by atoms with Crippen LogP contribution in [0.3, 0.4) is 0 Å². The van der Waals surface area contributed by atoms with Gasteiger partial charge >= 0.3 is 5.97 Å². The summed E-state index contributed by atoms with van der Waals surface area (Å²) in [6.07, 6.45) is 1.36. The van der Waals surface area contributed by atoms with Crippen molar-refractivity contribution < 1.29 is 19.1 Å². The SMILES string of the molecule is C[C@H](NC(=O)/C(C#N)=C/c1ccc(-c2cccc(C(=O)O)c2)o1)c1ccccc1. The highest BCUT2D eigenvalue weighted by Gasteiger charge is 2.15. The number of carbonyl (C=O) groups is 2. The molecule has 0 saturated heterocycles. The van der Waals surface area contributed by atoms with Gasteiger partial charge in [-0.3, -0.25) is 4.79 Å². The molecule has 6 nitrogen and oxygen atoms in total. The monoisotopic (exact) mass is 386 g/mol. The van der Waals surface area contributed by atoms with Crippen LogP contribution in [0.2, 0.25) is 0 Å². The largest absolute Gasteiger partial charge is 0.478 e. The van der Waals surface area contributed by atoms with E-state index < -0.39 is 11.9 Å². The number of nitrogens with zero attached hydrogens (tertiary/aromatic N) is 1. The Hall–Kier alpha value is -4.11. The van der Waals surface area contributed by atoms with E-state index >= 15 is 0 Å². The van der Waals surface area contributed by atoms with E-state index in [9.17, 15) is 14.9 Å². The molecule has 3 aromatic rings. The van der Waals surface area contributed by atoms with Gasteiger partial charge in [0.2, 0.25) is 0 Å². The lowest BCUT2D eigenvalue weighted by atomic mass is 10.1. The molecule has 29 heavy (non-hydrogen) atoms. The molecular formula is C23H18N2O4. The molecule has 0 radical (unpaired) electrons. The number of nitrogens with one attached hydrogen (secondary N) is 1. The third kappa shape index (κ3) is 4.79. The zero-order valence-electron chi connectivity index (χ0n) is 15.6. The normalized spacial score (nSPS) is 12.1. The zero-order chi connectivity index (χ0) is 20.8. The number of hydrogen-bond donors (Lipinski definition) is 2. The molecule has 2 aromatic carbocycles. The summed E-state index contributed by atoms with van der Waals surface area (Å²) in [7, 11) is 0. The lowest BCUT2D eigenvalue weighted by molar-refractivity contribution is -0.117. The predicted octanol–water partition coefficient (Wildman–Crippen LogP) is 4.43. The van der Waals surface area contributed by atoms with Crippen molar-refractivity contribution in [2.75, 3.05) is 0 Å². The summed E-state index contributed by atoms with van der Waals surface area (Å²) in [5.74, 6) is -0.779. The Morgan fingerprint density at radius 3 is 2.55 bits per heavy atom. The second kappa shape index (κ2) is 8.72. The van der Waals surface area contributed by atoms with Gasteiger partial charge in [0.15, 0.2) is 0 Å². The number of carboxylic acid groups (broad SMARTS) is 1. The van der Waals surface area contributed by atoms with Gasteiger partial charge in [0.1, 0.15) is 23.2 Å². The molecule has 0 fully saturated rings. The van der Waals surface area contributed by atoms with Crippen LogP contribution < -0.4 is 5.32 Å². The maximum Gasteiger partial charge on any atom is 0.335 e. The highest BCUT2D eigenvalue weighted by Crippen LogP contribution is 2.24. The molecule has 0 spiro atoms. The number of carbonyl (C=O) groups excluding carboxylic acids is 1. The molecule has 1 heterocycles. The molecule has 0 unspecified atom stereocenters. The highest BCUT2D eigenvalue weighted by molar-refractivity contribution is 6.01. The Morgan fingerprint density at radius 1 is 1.10 bits per heavy atom. The molecule has 0 bridgehead atoms. The van der Waals surface area contributed by atoms with E-state index in [4.69, 9.17) is 9.52 Å². The lowest BCUT2D eigenvalue weighted by Crippen LogP contribution is -2.27. The van der Waals surface area contributed by atoms with Crippen LogP contribution in [0.15, 0.2) is 76.7 Å². The fraction of sp³-hybridized carbons (Fsp3) is 0.0870. The van der Waals surface area contributed by atoms with E-state index in [1.54, 1.807) is 24.3 Å². The molecule has 2 N–H and O–H groups in total. The Labute approximate surface area is 167 Å². The van der Waals surface area contributed by atoms with Gasteiger partial charge in [-0.1, -0.05) is 42.5 Å². The fourth-order valence-electron chi connectivity index (χ4n) is 2.78. The van der Waals surface area contributed by atoms with Gasteiger partial charge in [-0.05, 0) is 36.8 Å². The van der Waals surface area contributed by atoms with Gasteiger partial charge in [0, 0.05) is 11.6 Å². The molecule has 0 aliphatic carbocycles. The number of hydrogen-bond acceptors (Lipinski definition) is 4. The van der Waals surface area contributed by atoms with Gasteiger partial charge in [0.05, 0.1) is 11.6 Å². The van der Waals surface area contributed by atoms with Gasteiger partial charge in [-0.2, -0.15) is 5.26 Å². The van der Waals surface area contributed by atoms with Crippen molar-refractivity contribution in [3.8, 4) is 17.4 Å². The predicted molar refractivity (Wildman–Crippen MR) is 108 cm³/mol. The van der Waals surface area contributed by atoms with E-state index in [0.29, 0.717) is 17.1 Å². The Bertz CT molecular complexity index is 1110. The third-order valence-corrected chi connectivity index (χ3v) is 4.32. The second-order valence-corrected chi connectivity index (χ2v) is 6.36. The van der Waals surface area contributed by atoms with E-state index in [1.807, 2.05) is 43.3 Å². The molecule has 1 aromatic heterocycles. The first-order valence-electron chi connectivity index (χ1n) is 8.89. The summed E-state index contributed by atoms with van der Waals surface area (Å²) >= 11 is 0. The summed E-state index contributed by atoms with van der Waals surface area (Å²) in [6.45, 7) is 1.84. The smallest absolute Gasteiger partial charge is 0.335 e. The topological polar surface area (TPSA) is 103 Å². The van der Waals surface area contributed by atoms with Crippen LogP contribution in [0.25, 0.3) is 17.4 Å². The Balaban J connectivity index is 1.78. The van der Waals surface area contributed by atoms with Crippen LogP contribution in [0, 0.1) is 11.3 Å². The average Bonchev–Trinajstić information content (AvgIpc) is 3.21. The second-order valence-electron chi connectivity index (χ2n) is 6.36. The first-order chi connectivity index (χ1) is 14.0. The van der Waals surface area contributed by atoms with Crippen molar-refractivity contribution >= 4 is 18.0 Å². The maximum atomic E-state index is 12.4. The van der Waals surface area contributed by atoms with E-state index in [2.05, 4.69) is 5.32 Å². The summed E-state index contributed by atoms with van der Waals surface area (Å²) in [5, 5.41) is 21.3. The molecule has 1 atom stereocenters. The van der Waals surface area contributed by atoms with Crippen LogP contribution in [0.4, 0.5) is 0 Å². The van der Waals surface area contributed by atoms with E-state index in [0.717, 1.165) is 5.56 Å². The molecule has 144 valence electrons. The van der Waals surface area contributed by atoms with Crippen molar-refractivity contribution in [1.82, 2.24) is 5.32 Å². The Kier molecular flexibility index (Phi) is 5.91. The van der Waals surface area contributed by atoms with Gasteiger partial charge in [0.25, 0.3) is 5.91 Å². The number of benzene rings is 2. The van der Waals surface area contributed by atoms with Crippen molar-refractivity contribution in [2.45, 2.75) is 13.0 Å². The first kappa shape index (κ1) is 19.6. The first-order valence-corrected chi connectivity index (χ1v) is 8.89. The van der Waals surface area contributed by atoms with E-state index in [-0.39, 0.29) is 17.2 Å². The molecule has 0 aliphatic heterocycles. The molecule has 6 heteroatoms. The van der Waals surface area contributed by atoms with Crippen molar-refractivity contribution in [3.05, 3.63) is 89.2 Å². The van der Waals surface area contributed by atoms with Crippen LogP contribution >= 0.6 is 0 Å². The number of nitriles is 1.